The second-order valence-electron chi connectivity index (χ2n) is 7.95. The first-order valence-electron chi connectivity index (χ1n) is 10.3. The minimum Gasteiger partial charge on any atom is -0.307 e. The molecule has 1 aliphatic heterocycles. The summed E-state index contributed by atoms with van der Waals surface area (Å²) in [4.78, 5) is 19.1. The minimum absolute atomic E-state index is 0.152. The van der Waals surface area contributed by atoms with Crippen LogP contribution in [-0.4, -0.2) is 44.7 Å². The molecule has 6 heteroatoms. The zero-order chi connectivity index (χ0) is 19.6. The zero-order valence-electron chi connectivity index (χ0n) is 16.4. The van der Waals surface area contributed by atoms with Gasteiger partial charge in [0.2, 0.25) is 0 Å². The summed E-state index contributed by atoms with van der Waals surface area (Å²) in [5.74, 6) is 0.603. The first-order chi connectivity index (χ1) is 14.3. The number of hydrogen-bond acceptors (Lipinski definition) is 4. The van der Waals surface area contributed by atoms with Crippen LogP contribution in [0.1, 0.15) is 40.4 Å². The van der Waals surface area contributed by atoms with Crippen molar-refractivity contribution < 1.29 is 4.79 Å². The number of anilines is 1. The molecule has 1 aromatic carbocycles. The second kappa shape index (κ2) is 7.79. The molecule has 3 heterocycles. The number of aromatic nitrogens is 3. The van der Waals surface area contributed by atoms with E-state index in [1.165, 1.54) is 11.1 Å². The van der Waals surface area contributed by atoms with Gasteiger partial charge in [0.25, 0.3) is 5.91 Å². The van der Waals surface area contributed by atoms with Crippen molar-refractivity contribution in [1.82, 2.24) is 19.7 Å². The number of nitrogens with zero attached hydrogens (tertiary/aromatic N) is 4. The average molecular weight is 387 g/mol. The summed E-state index contributed by atoms with van der Waals surface area (Å²) >= 11 is 0. The van der Waals surface area contributed by atoms with E-state index >= 15 is 0 Å². The number of hydrogen-bond donors (Lipinski definition) is 1. The topological polar surface area (TPSA) is 63.1 Å². The molecule has 0 saturated carbocycles. The van der Waals surface area contributed by atoms with E-state index in [-0.39, 0.29) is 5.91 Å². The molecule has 2 aromatic heterocycles. The van der Waals surface area contributed by atoms with E-state index in [0.717, 1.165) is 44.6 Å². The molecule has 0 spiro atoms. The summed E-state index contributed by atoms with van der Waals surface area (Å²) in [6.07, 6.45) is 9.42. The minimum atomic E-state index is -0.152. The van der Waals surface area contributed by atoms with Crippen LogP contribution < -0.4 is 5.32 Å². The summed E-state index contributed by atoms with van der Waals surface area (Å²) in [6, 6.07) is 15.2. The molecule has 1 amide bonds. The molecule has 0 bridgehead atoms. The van der Waals surface area contributed by atoms with Crippen molar-refractivity contribution in [2.24, 2.45) is 0 Å². The van der Waals surface area contributed by atoms with Crippen molar-refractivity contribution in [2.45, 2.75) is 37.8 Å². The molecule has 1 aliphatic carbocycles. The van der Waals surface area contributed by atoms with E-state index in [4.69, 9.17) is 0 Å². The second-order valence-corrected chi connectivity index (χ2v) is 7.95. The van der Waals surface area contributed by atoms with Crippen LogP contribution >= 0.6 is 0 Å². The number of likely N-dealkylation sites (tertiary alicyclic amines) is 1. The molecule has 0 atom stereocenters. The van der Waals surface area contributed by atoms with Crippen molar-refractivity contribution in [1.29, 1.82) is 0 Å². The van der Waals surface area contributed by atoms with Crippen molar-refractivity contribution >= 4 is 11.7 Å². The Balaban J connectivity index is 1.21. The monoisotopic (exact) mass is 387 g/mol. The first kappa shape index (κ1) is 18.1. The molecule has 0 radical (unpaired) electrons. The Bertz CT molecular complexity index is 966. The lowest BCUT2D eigenvalue weighted by Crippen LogP contribution is -2.42. The Morgan fingerprint density at radius 3 is 2.38 bits per heavy atom. The number of pyridine rings is 1. The number of carbonyl (C=O) groups excluding carboxylic acids is 1. The van der Waals surface area contributed by atoms with Gasteiger partial charge >= 0.3 is 0 Å². The van der Waals surface area contributed by atoms with Crippen LogP contribution in [0.2, 0.25) is 0 Å². The van der Waals surface area contributed by atoms with E-state index < -0.39 is 0 Å². The number of carbonyl (C=O) groups is 1. The normalized spacial score (nSPS) is 17.9. The lowest BCUT2D eigenvalue weighted by atomic mass is 10.0. The fourth-order valence-electron chi connectivity index (χ4n) is 4.68. The van der Waals surface area contributed by atoms with Crippen LogP contribution in [-0.2, 0) is 12.8 Å². The van der Waals surface area contributed by atoms with Crippen molar-refractivity contribution in [3.05, 3.63) is 77.7 Å². The van der Waals surface area contributed by atoms with Gasteiger partial charge < -0.3 is 5.32 Å². The van der Waals surface area contributed by atoms with Crippen LogP contribution in [0.3, 0.4) is 0 Å². The summed E-state index contributed by atoms with van der Waals surface area (Å²) in [7, 11) is 0. The average Bonchev–Trinajstić information content (AvgIpc) is 3.41. The van der Waals surface area contributed by atoms with E-state index in [1.54, 1.807) is 30.7 Å². The third-order valence-corrected chi connectivity index (χ3v) is 6.23. The summed E-state index contributed by atoms with van der Waals surface area (Å²) in [5.41, 5.74) is 3.56. The maximum atomic E-state index is 12.5. The number of nitrogens with one attached hydrogen (secondary N) is 1. The van der Waals surface area contributed by atoms with Gasteiger partial charge in [-0.1, -0.05) is 24.3 Å². The van der Waals surface area contributed by atoms with Gasteiger partial charge in [0.05, 0.1) is 17.8 Å². The molecule has 6 nitrogen and oxygen atoms in total. The first-order valence-corrected chi connectivity index (χ1v) is 10.3. The Kier molecular flexibility index (Phi) is 4.86. The van der Waals surface area contributed by atoms with Crippen molar-refractivity contribution in [3.8, 4) is 0 Å². The summed E-state index contributed by atoms with van der Waals surface area (Å²) in [5, 5.41) is 7.50. The van der Waals surface area contributed by atoms with Crippen molar-refractivity contribution in [3.63, 3.8) is 0 Å². The maximum Gasteiger partial charge on any atom is 0.258 e. The molecule has 29 heavy (non-hydrogen) atoms. The van der Waals surface area contributed by atoms with E-state index in [9.17, 15) is 4.79 Å². The Hall–Kier alpha value is -2.99. The number of amides is 1. The van der Waals surface area contributed by atoms with Crippen LogP contribution in [0.15, 0.2) is 61.1 Å². The maximum absolute atomic E-state index is 12.5. The van der Waals surface area contributed by atoms with Gasteiger partial charge in [-0.15, -0.1) is 0 Å². The third kappa shape index (κ3) is 3.68. The lowest BCUT2D eigenvalue weighted by molar-refractivity contribution is 0.102. The Morgan fingerprint density at radius 2 is 1.69 bits per heavy atom. The van der Waals surface area contributed by atoms with Crippen molar-refractivity contribution in [2.75, 3.05) is 18.4 Å². The van der Waals surface area contributed by atoms with Crippen LogP contribution in [0, 0.1) is 0 Å². The molecule has 1 N–H and O–H groups in total. The Labute approximate surface area is 170 Å². The van der Waals surface area contributed by atoms with E-state index in [0.29, 0.717) is 17.6 Å². The smallest absolute Gasteiger partial charge is 0.258 e. The van der Waals surface area contributed by atoms with Gasteiger partial charge in [-0.05, 0) is 48.9 Å². The highest BCUT2D eigenvalue weighted by Gasteiger charge is 2.31. The summed E-state index contributed by atoms with van der Waals surface area (Å²) < 4.78 is 1.98. The largest absolute Gasteiger partial charge is 0.307 e. The highest BCUT2D eigenvalue weighted by molar-refractivity contribution is 6.03. The summed E-state index contributed by atoms with van der Waals surface area (Å²) in [6.45, 7) is 2.14. The van der Waals surface area contributed by atoms with Gasteiger partial charge in [0.1, 0.15) is 5.82 Å². The Morgan fingerprint density at radius 1 is 0.931 bits per heavy atom. The quantitative estimate of drug-likeness (QED) is 0.746. The molecule has 1 fully saturated rings. The van der Waals surface area contributed by atoms with E-state index in [1.807, 2.05) is 10.7 Å². The van der Waals surface area contributed by atoms with Crippen LogP contribution in [0.4, 0.5) is 5.82 Å². The SMILES string of the molecule is O=C(Nc1ccnn1C1CCN(C2Cc3ccccc3C2)CC1)c1cccnc1. The number of benzene rings is 1. The predicted molar refractivity (Wildman–Crippen MR) is 112 cm³/mol. The lowest BCUT2D eigenvalue weighted by Gasteiger charge is -2.36. The fourth-order valence-corrected chi connectivity index (χ4v) is 4.68. The van der Waals surface area contributed by atoms with Gasteiger partial charge in [-0.25, -0.2) is 4.68 Å². The standard InChI is InChI=1S/C23H25N5O/c29-23(19-6-3-10-24-16-19)26-22-7-11-25-28(22)20-8-12-27(13-9-20)21-14-17-4-1-2-5-18(17)15-21/h1-7,10-11,16,20-21H,8-9,12-15H2,(H,26,29). The molecule has 5 rings (SSSR count). The number of fused-ring (bicyclic) bond motifs is 1. The van der Waals surface area contributed by atoms with Gasteiger partial charge in [-0.3, -0.25) is 14.7 Å². The fraction of sp³-hybridized carbons (Fsp3) is 0.348. The number of rotatable bonds is 4. The molecular weight excluding hydrogens is 362 g/mol. The molecular formula is C23H25N5O. The molecule has 1 saturated heterocycles. The van der Waals surface area contributed by atoms with Crippen LogP contribution in [0.5, 0.6) is 0 Å². The van der Waals surface area contributed by atoms with E-state index in [2.05, 4.69) is 44.6 Å². The highest BCUT2D eigenvalue weighted by atomic mass is 16.1. The molecule has 0 unspecified atom stereocenters. The van der Waals surface area contributed by atoms with Gasteiger partial charge in [-0.2, -0.15) is 5.10 Å². The van der Waals surface area contributed by atoms with Gasteiger partial charge in [0.15, 0.2) is 0 Å². The van der Waals surface area contributed by atoms with Crippen LogP contribution in [0.25, 0.3) is 0 Å². The molecule has 3 aromatic rings. The highest BCUT2D eigenvalue weighted by Crippen LogP contribution is 2.31. The number of piperidine rings is 1. The molecule has 2 aliphatic rings. The zero-order valence-corrected chi connectivity index (χ0v) is 16.4. The van der Waals surface area contributed by atoms with Gasteiger partial charge in [0, 0.05) is 37.6 Å². The predicted octanol–water partition coefficient (Wildman–Crippen LogP) is 3.33. The third-order valence-electron chi connectivity index (χ3n) is 6.23. The molecule has 148 valence electrons.